The summed E-state index contributed by atoms with van der Waals surface area (Å²) in [6, 6.07) is 5.99. The second-order valence-corrected chi connectivity index (χ2v) is 5.23. The van der Waals surface area contributed by atoms with Gasteiger partial charge in [-0.25, -0.2) is 0 Å². The van der Waals surface area contributed by atoms with Gasteiger partial charge in [-0.15, -0.1) is 0 Å². The Morgan fingerprint density at radius 1 is 1.15 bits per heavy atom. The molecule has 0 bridgehead atoms. The van der Waals surface area contributed by atoms with Gasteiger partial charge < -0.3 is 20.1 Å². The SMILES string of the molecule is Cc1ccc(C(O)C(CCCO)COCCO)c(C)c1. The Hall–Kier alpha value is -0.940. The van der Waals surface area contributed by atoms with Gasteiger partial charge in [0.05, 0.1) is 25.9 Å². The van der Waals surface area contributed by atoms with Crippen LogP contribution < -0.4 is 0 Å². The minimum Gasteiger partial charge on any atom is -0.396 e. The van der Waals surface area contributed by atoms with Gasteiger partial charge in [-0.2, -0.15) is 0 Å². The van der Waals surface area contributed by atoms with Crippen LogP contribution in [0.25, 0.3) is 0 Å². The van der Waals surface area contributed by atoms with E-state index in [2.05, 4.69) is 6.07 Å². The lowest BCUT2D eigenvalue weighted by atomic mass is 9.89. The first-order chi connectivity index (χ1) is 9.60. The molecular weight excluding hydrogens is 256 g/mol. The average Bonchev–Trinajstić information content (AvgIpc) is 2.42. The van der Waals surface area contributed by atoms with Crippen LogP contribution in [-0.4, -0.2) is 41.7 Å². The van der Waals surface area contributed by atoms with Crippen molar-refractivity contribution in [3.63, 3.8) is 0 Å². The van der Waals surface area contributed by atoms with E-state index < -0.39 is 6.10 Å². The van der Waals surface area contributed by atoms with E-state index in [1.807, 2.05) is 26.0 Å². The first kappa shape index (κ1) is 17.1. The Morgan fingerprint density at radius 3 is 2.50 bits per heavy atom. The molecule has 0 fully saturated rings. The van der Waals surface area contributed by atoms with E-state index in [1.54, 1.807) is 0 Å². The number of ether oxygens (including phenoxy) is 1. The Labute approximate surface area is 121 Å². The largest absolute Gasteiger partial charge is 0.396 e. The third-order valence-corrected chi connectivity index (χ3v) is 3.49. The van der Waals surface area contributed by atoms with Gasteiger partial charge in [0.15, 0.2) is 0 Å². The maximum atomic E-state index is 10.6. The van der Waals surface area contributed by atoms with Gasteiger partial charge >= 0.3 is 0 Å². The third kappa shape index (κ3) is 5.21. The number of hydrogen-bond acceptors (Lipinski definition) is 4. The van der Waals surface area contributed by atoms with Crippen LogP contribution in [-0.2, 0) is 4.74 Å². The van der Waals surface area contributed by atoms with Crippen molar-refractivity contribution in [3.05, 3.63) is 34.9 Å². The molecule has 114 valence electrons. The van der Waals surface area contributed by atoms with Crippen LogP contribution in [0.5, 0.6) is 0 Å². The van der Waals surface area contributed by atoms with Crippen molar-refractivity contribution < 1.29 is 20.1 Å². The normalized spacial score (nSPS) is 14.2. The molecule has 0 spiro atoms. The molecule has 2 unspecified atom stereocenters. The molecule has 0 aliphatic rings. The summed E-state index contributed by atoms with van der Waals surface area (Å²) in [5, 5.41) is 28.3. The number of aliphatic hydroxyl groups is 3. The molecular formula is C16H26O4. The summed E-state index contributed by atoms with van der Waals surface area (Å²) in [6.07, 6.45) is 0.715. The number of aryl methyl sites for hydroxylation is 2. The molecule has 0 heterocycles. The molecule has 0 aliphatic carbocycles. The molecule has 0 saturated heterocycles. The van der Waals surface area contributed by atoms with Crippen molar-refractivity contribution in [2.24, 2.45) is 5.92 Å². The fourth-order valence-electron chi connectivity index (χ4n) is 2.40. The molecule has 4 nitrogen and oxygen atoms in total. The van der Waals surface area contributed by atoms with Crippen molar-refractivity contribution >= 4 is 0 Å². The van der Waals surface area contributed by atoms with Gasteiger partial charge in [0.25, 0.3) is 0 Å². The van der Waals surface area contributed by atoms with Crippen molar-refractivity contribution in [2.75, 3.05) is 26.4 Å². The van der Waals surface area contributed by atoms with Crippen LogP contribution in [0.1, 0.15) is 35.6 Å². The summed E-state index contributed by atoms with van der Waals surface area (Å²) < 4.78 is 5.36. The number of rotatable bonds is 9. The van der Waals surface area contributed by atoms with Crippen LogP contribution in [0.4, 0.5) is 0 Å². The van der Waals surface area contributed by atoms with Crippen molar-refractivity contribution in [3.8, 4) is 0 Å². The number of benzene rings is 1. The summed E-state index contributed by atoms with van der Waals surface area (Å²) in [4.78, 5) is 0. The molecule has 0 saturated carbocycles. The van der Waals surface area contributed by atoms with Gasteiger partial charge in [-0.1, -0.05) is 23.8 Å². The predicted octanol–water partition coefficient (Wildman–Crippen LogP) is 1.73. The summed E-state index contributed by atoms with van der Waals surface area (Å²) in [5.41, 5.74) is 3.14. The van der Waals surface area contributed by atoms with Crippen LogP contribution >= 0.6 is 0 Å². The zero-order valence-electron chi connectivity index (χ0n) is 12.4. The Kier molecular flexibility index (Phi) is 7.77. The Balaban J connectivity index is 2.76. The lowest BCUT2D eigenvalue weighted by Crippen LogP contribution is -2.21. The second kappa shape index (κ2) is 9.08. The molecule has 0 aliphatic heterocycles. The first-order valence-corrected chi connectivity index (χ1v) is 7.14. The molecule has 1 rings (SSSR count). The lowest BCUT2D eigenvalue weighted by Gasteiger charge is -2.24. The molecule has 0 aromatic heterocycles. The maximum absolute atomic E-state index is 10.6. The second-order valence-electron chi connectivity index (χ2n) is 5.23. The Morgan fingerprint density at radius 2 is 1.90 bits per heavy atom. The highest BCUT2D eigenvalue weighted by molar-refractivity contribution is 5.32. The summed E-state index contributed by atoms with van der Waals surface area (Å²) in [7, 11) is 0. The molecule has 0 radical (unpaired) electrons. The van der Waals surface area contributed by atoms with E-state index in [-0.39, 0.29) is 25.7 Å². The molecule has 1 aromatic rings. The number of aliphatic hydroxyl groups excluding tert-OH is 3. The van der Waals surface area contributed by atoms with Gasteiger partial charge in [0.2, 0.25) is 0 Å². The summed E-state index contributed by atoms with van der Waals surface area (Å²) >= 11 is 0. The van der Waals surface area contributed by atoms with Crippen LogP contribution in [0.3, 0.4) is 0 Å². The quantitative estimate of drug-likeness (QED) is 0.603. The summed E-state index contributed by atoms with van der Waals surface area (Å²) in [5.74, 6) is -0.0740. The molecule has 1 aromatic carbocycles. The van der Waals surface area contributed by atoms with Crippen LogP contribution in [0, 0.1) is 19.8 Å². The van der Waals surface area contributed by atoms with E-state index in [9.17, 15) is 5.11 Å². The molecule has 4 heteroatoms. The standard InChI is InChI=1S/C16H26O4/c1-12-5-6-15(13(2)10-12)16(19)14(4-3-7-17)11-20-9-8-18/h5-6,10,14,16-19H,3-4,7-9,11H2,1-2H3. The molecule has 3 N–H and O–H groups in total. The minimum atomic E-state index is -0.610. The zero-order valence-corrected chi connectivity index (χ0v) is 12.4. The van der Waals surface area contributed by atoms with Crippen LogP contribution in [0.15, 0.2) is 18.2 Å². The van der Waals surface area contributed by atoms with Gasteiger partial charge in [-0.3, -0.25) is 0 Å². The Bertz CT molecular complexity index is 392. The average molecular weight is 282 g/mol. The fourth-order valence-corrected chi connectivity index (χ4v) is 2.40. The van der Waals surface area contributed by atoms with E-state index >= 15 is 0 Å². The number of hydrogen-bond donors (Lipinski definition) is 3. The first-order valence-electron chi connectivity index (χ1n) is 7.14. The van der Waals surface area contributed by atoms with E-state index in [1.165, 1.54) is 5.56 Å². The van der Waals surface area contributed by atoms with E-state index in [4.69, 9.17) is 14.9 Å². The van der Waals surface area contributed by atoms with Crippen LogP contribution in [0.2, 0.25) is 0 Å². The topological polar surface area (TPSA) is 69.9 Å². The van der Waals surface area contributed by atoms with Gasteiger partial charge in [0.1, 0.15) is 0 Å². The molecule has 2 atom stereocenters. The van der Waals surface area contributed by atoms with Crippen molar-refractivity contribution in [1.82, 2.24) is 0 Å². The highest BCUT2D eigenvalue weighted by Crippen LogP contribution is 2.29. The highest BCUT2D eigenvalue weighted by atomic mass is 16.5. The van der Waals surface area contributed by atoms with Gasteiger partial charge in [0, 0.05) is 12.5 Å². The minimum absolute atomic E-state index is 0.0215. The predicted molar refractivity (Wildman–Crippen MR) is 78.6 cm³/mol. The van der Waals surface area contributed by atoms with E-state index in [0.29, 0.717) is 19.4 Å². The maximum Gasteiger partial charge on any atom is 0.0842 e. The highest BCUT2D eigenvalue weighted by Gasteiger charge is 2.22. The van der Waals surface area contributed by atoms with Crippen molar-refractivity contribution in [2.45, 2.75) is 32.8 Å². The monoisotopic (exact) mass is 282 g/mol. The fraction of sp³-hybridized carbons (Fsp3) is 0.625. The zero-order chi connectivity index (χ0) is 15.0. The third-order valence-electron chi connectivity index (χ3n) is 3.49. The van der Waals surface area contributed by atoms with E-state index in [0.717, 1.165) is 11.1 Å². The summed E-state index contributed by atoms with van der Waals surface area (Å²) in [6.45, 7) is 4.76. The smallest absolute Gasteiger partial charge is 0.0842 e. The lowest BCUT2D eigenvalue weighted by molar-refractivity contribution is 0.00891. The molecule has 0 amide bonds. The molecule has 20 heavy (non-hydrogen) atoms. The van der Waals surface area contributed by atoms with Crippen molar-refractivity contribution in [1.29, 1.82) is 0 Å². The van der Waals surface area contributed by atoms with Gasteiger partial charge in [-0.05, 0) is 37.8 Å².